The molecular formula is C22H25N5O3S. The van der Waals surface area contributed by atoms with Crippen molar-refractivity contribution >= 4 is 21.6 Å². The second-order valence-corrected chi connectivity index (χ2v) is 10.1. The summed E-state index contributed by atoms with van der Waals surface area (Å²) in [5, 5.41) is 9.11. The van der Waals surface area contributed by atoms with Crippen molar-refractivity contribution in [3.8, 4) is 6.07 Å². The number of aromatic nitrogens is 1. The molecule has 1 aromatic heterocycles. The molecule has 4 rings (SSSR count). The van der Waals surface area contributed by atoms with Crippen molar-refractivity contribution in [1.29, 1.82) is 5.26 Å². The van der Waals surface area contributed by atoms with Gasteiger partial charge in [0.25, 0.3) is 0 Å². The maximum Gasteiger partial charge on any atom is 0.244 e. The second-order valence-electron chi connectivity index (χ2n) is 7.83. The van der Waals surface area contributed by atoms with Crippen molar-refractivity contribution in [3.63, 3.8) is 0 Å². The van der Waals surface area contributed by atoms with Gasteiger partial charge in [-0.2, -0.15) is 5.26 Å². The van der Waals surface area contributed by atoms with Crippen molar-refractivity contribution in [2.75, 3.05) is 55.7 Å². The fraction of sp³-hybridized carbons (Fsp3) is 0.409. The van der Waals surface area contributed by atoms with Gasteiger partial charge in [0.15, 0.2) is 9.84 Å². The van der Waals surface area contributed by atoms with E-state index in [-0.39, 0.29) is 17.4 Å². The lowest BCUT2D eigenvalue weighted by Gasteiger charge is -2.40. The quantitative estimate of drug-likeness (QED) is 0.703. The highest BCUT2D eigenvalue weighted by atomic mass is 32.2. The third-order valence-electron chi connectivity index (χ3n) is 5.88. The number of pyridine rings is 1. The molecule has 1 aromatic carbocycles. The highest BCUT2D eigenvalue weighted by molar-refractivity contribution is 7.91. The number of carbonyl (C=O) groups is 1. The lowest BCUT2D eigenvalue weighted by atomic mass is 10.0. The molecule has 0 N–H and O–H groups in total. The molecule has 0 spiro atoms. The minimum absolute atomic E-state index is 0.00360. The van der Waals surface area contributed by atoms with E-state index in [0.29, 0.717) is 44.8 Å². The van der Waals surface area contributed by atoms with Gasteiger partial charge >= 0.3 is 0 Å². The predicted molar refractivity (Wildman–Crippen MR) is 117 cm³/mol. The first-order valence-electron chi connectivity index (χ1n) is 10.4. The standard InChI is InChI=1S/C22H25N5O3S/c23-17-18-6-7-24-20(16-18)25-8-10-27(11-9-25)22(28)21(19-4-2-1-3-5-19)26-12-14-31(29,30)15-13-26/h1-7,16,21H,8-15H2. The van der Waals surface area contributed by atoms with Crippen molar-refractivity contribution in [2.45, 2.75) is 6.04 Å². The largest absolute Gasteiger partial charge is 0.353 e. The molecule has 2 aromatic rings. The van der Waals surface area contributed by atoms with Gasteiger partial charge in [-0.05, 0) is 17.7 Å². The molecule has 162 valence electrons. The number of piperazine rings is 1. The Labute approximate surface area is 182 Å². The average Bonchev–Trinajstić information content (AvgIpc) is 2.81. The highest BCUT2D eigenvalue weighted by Gasteiger charge is 2.36. The van der Waals surface area contributed by atoms with Crippen LogP contribution in [0.3, 0.4) is 0 Å². The van der Waals surface area contributed by atoms with E-state index < -0.39 is 15.9 Å². The summed E-state index contributed by atoms with van der Waals surface area (Å²) in [6.45, 7) is 3.07. The van der Waals surface area contributed by atoms with Gasteiger partial charge < -0.3 is 9.80 Å². The number of hydrogen-bond donors (Lipinski definition) is 0. The number of anilines is 1. The molecule has 0 radical (unpaired) electrons. The summed E-state index contributed by atoms with van der Waals surface area (Å²) in [5.74, 6) is 0.909. The normalized spacial score (nSPS) is 20.1. The van der Waals surface area contributed by atoms with Gasteiger partial charge in [-0.3, -0.25) is 9.69 Å². The van der Waals surface area contributed by atoms with E-state index in [1.807, 2.05) is 40.1 Å². The smallest absolute Gasteiger partial charge is 0.244 e. The number of amides is 1. The zero-order chi connectivity index (χ0) is 21.8. The third kappa shape index (κ3) is 4.86. The number of hydrogen-bond acceptors (Lipinski definition) is 7. The van der Waals surface area contributed by atoms with E-state index in [1.54, 1.807) is 18.3 Å². The molecule has 0 saturated carbocycles. The Morgan fingerprint density at radius 1 is 1.00 bits per heavy atom. The molecule has 1 amide bonds. The van der Waals surface area contributed by atoms with Gasteiger partial charge in [0.1, 0.15) is 11.9 Å². The summed E-state index contributed by atoms with van der Waals surface area (Å²) in [6, 6.07) is 14.7. The van der Waals surface area contributed by atoms with E-state index in [1.165, 1.54) is 0 Å². The minimum Gasteiger partial charge on any atom is -0.353 e. The lowest BCUT2D eigenvalue weighted by Crippen LogP contribution is -2.54. The van der Waals surface area contributed by atoms with E-state index in [0.717, 1.165) is 11.4 Å². The Morgan fingerprint density at radius 3 is 2.32 bits per heavy atom. The molecular weight excluding hydrogens is 414 g/mol. The van der Waals surface area contributed by atoms with Gasteiger partial charge in [-0.15, -0.1) is 0 Å². The van der Waals surface area contributed by atoms with Gasteiger partial charge in [-0.25, -0.2) is 13.4 Å². The van der Waals surface area contributed by atoms with Crippen molar-refractivity contribution in [2.24, 2.45) is 0 Å². The first-order valence-corrected chi connectivity index (χ1v) is 12.2. The van der Waals surface area contributed by atoms with Crippen LogP contribution in [-0.2, 0) is 14.6 Å². The summed E-state index contributed by atoms with van der Waals surface area (Å²) in [6.07, 6.45) is 1.63. The molecule has 2 aliphatic rings. The van der Waals surface area contributed by atoms with Crippen LogP contribution < -0.4 is 4.90 Å². The molecule has 2 fully saturated rings. The molecule has 0 bridgehead atoms. The Bertz CT molecular complexity index is 1060. The van der Waals surface area contributed by atoms with Crippen molar-refractivity contribution in [3.05, 3.63) is 59.8 Å². The number of carbonyl (C=O) groups excluding carboxylic acids is 1. The van der Waals surface area contributed by atoms with Crippen LogP contribution in [-0.4, -0.2) is 79.9 Å². The molecule has 8 nitrogen and oxygen atoms in total. The van der Waals surface area contributed by atoms with E-state index in [9.17, 15) is 13.2 Å². The first kappa shape index (κ1) is 21.3. The topological polar surface area (TPSA) is 97.6 Å². The van der Waals surface area contributed by atoms with E-state index >= 15 is 0 Å². The van der Waals surface area contributed by atoms with Crippen LogP contribution in [0, 0.1) is 11.3 Å². The van der Waals surface area contributed by atoms with Crippen LogP contribution >= 0.6 is 0 Å². The average molecular weight is 440 g/mol. The van der Waals surface area contributed by atoms with Gasteiger partial charge in [0, 0.05) is 45.5 Å². The van der Waals surface area contributed by atoms with Crippen LogP contribution in [0.4, 0.5) is 5.82 Å². The number of benzene rings is 1. The maximum atomic E-state index is 13.6. The lowest BCUT2D eigenvalue weighted by molar-refractivity contribution is -0.137. The van der Waals surface area contributed by atoms with Gasteiger partial charge in [0.05, 0.1) is 23.1 Å². The Kier molecular flexibility index (Phi) is 6.20. The Morgan fingerprint density at radius 2 is 1.68 bits per heavy atom. The fourth-order valence-electron chi connectivity index (χ4n) is 4.12. The summed E-state index contributed by atoms with van der Waals surface area (Å²) >= 11 is 0. The third-order valence-corrected chi connectivity index (χ3v) is 7.49. The molecule has 2 aliphatic heterocycles. The molecule has 0 aliphatic carbocycles. The zero-order valence-corrected chi connectivity index (χ0v) is 18.0. The van der Waals surface area contributed by atoms with Crippen molar-refractivity contribution in [1.82, 2.24) is 14.8 Å². The number of nitriles is 1. The minimum atomic E-state index is -3.03. The molecule has 1 atom stereocenters. The van der Waals surface area contributed by atoms with Crippen LogP contribution in [0.1, 0.15) is 17.2 Å². The number of nitrogens with zero attached hydrogens (tertiary/aromatic N) is 5. The zero-order valence-electron chi connectivity index (χ0n) is 17.2. The summed E-state index contributed by atoms with van der Waals surface area (Å²) in [4.78, 5) is 23.8. The Hall–Kier alpha value is -2.96. The first-order chi connectivity index (χ1) is 15.0. The number of rotatable bonds is 4. The summed E-state index contributed by atoms with van der Waals surface area (Å²) in [5.41, 5.74) is 1.45. The predicted octanol–water partition coefficient (Wildman–Crippen LogP) is 1.07. The maximum absolute atomic E-state index is 13.6. The van der Waals surface area contributed by atoms with Crippen LogP contribution in [0.5, 0.6) is 0 Å². The monoisotopic (exact) mass is 439 g/mol. The molecule has 3 heterocycles. The van der Waals surface area contributed by atoms with Gasteiger partial charge in [0.2, 0.25) is 5.91 Å². The van der Waals surface area contributed by atoms with Crippen LogP contribution in [0.25, 0.3) is 0 Å². The van der Waals surface area contributed by atoms with E-state index in [2.05, 4.69) is 16.0 Å². The SMILES string of the molecule is N#Cc1ccnc(N2CCN(C(=O)C(c3ccccc3)N3CCS(=O)(=O)CC3)CC2)c1. The van der Waals surface area contributed by atoms with Crippen LogP contribution in [0.15, 0.2) is 48.7 Å². The summed E-state index contributed by atoms with van der Waals surface area (Å²) < 4.78 is 23.8. The van der Waals surface area contributed by atoms with E-state index in [4.69, 9.17) is 5.26 Å². The number of sulfone groups is 1. The molecule has 1 unspecified atom stereocenters. The fourth-order valence-corrected chi connectivity index (χ4v) is 5.35. The van der Waals surface area contributed by atoms with Crippen LogP contribution in [0.2, 0.25) is 0 Å². The molecule has 9 heteroatoms. The Balaban J connectivity index is 1.48. The molecule has 2 saturated heterocycles. The molecule has 31 heavy (non-hydrogen) atoms. The van der Waals surface area contributed by atoms with Crippen molar-refractivity contribution < 1.29 is 13.2 Å². The van der Waals surface area contributed by atoms with Gasteiger partial charge in [-0.1, -0.05) is 30.3 Å². The second kappa shape index (κ2) is 9.04. The summed E-state index contributed by atoms with van der Waals surface area (Å²) in [7, 11) is -3.03. The highest BCUT2D eigenvalue weighted by Crippen LogP contribution is 2.26.